The Hall–Kier alpha value is -0.730. The van der Waals surface area contributed by atoms with Gasteiger partial charge >= 0.3 is 0 Å². The van der Waals surface area contributed by atoms with Crippen LogP contribution in [0.4, 0.5) is 0 Å². The highest BCUT2D eigenvalue weighted by molar-refractivity contribution is 6.17. The highest BCUT2D eigenvalue weighted by Gasteiger charge is 2.21. The molecule has 1 saturated heterocycles. The van der Waals surface area contributed by atoms with Gasteiger partial charge in [-0.3, -0.25) is 0 Å². The van der Waals surface area contributed by atoms with Crippen molar-refractivity contribution in [2.75, 3.05) is 32.1 Å². The predicted molar refractivity (Wildman–Crippen MR) is 79.2 cm³/mol. The van der Waals surface area contributed by atoms with E-state index in [1.165, 1.54) is 43.6 Å². The van der Waals surface area contributed by atoms with E-state index in [4.69, 9.17) is 16.3 Å². The molecule has 0 bridgehead atoms. The van der Waals surface area contributed by atoms with Gasteiger partial charge < -0.3 is 9.64 Å². The molecular formula is C16H22ClNO. The van der Waals surface area contributed by atoms with E-state index in [1.807, 2.05) is 0 Å². The molecule has 2 aliphatic heterocycles. The molecule has 0 radical (unpaired) electrons. The minimum absolute atomic E-state index is 0.809. The summed E-state index contributed by atoms with van der Waals surface area (Å²) in [4.78, 5) is 2.58. The van der Waals surface area contributed by atoms with Crippen LogP contribution in [0.5, 0.6) is 5.75 Å². The van der Waals surface area contributed by atoms with Gasteiger partial charge in [-0.1, -0.05) is 12.1 Å². The van der Waals surface area contributed by atoms with Crippen molar-refractivity contribution in [2.24, 2.45) is 5.92 Å². The van der Waals surface area contributed by atoms with Crippen molar-refractivity contribution >= 4 is 11.6 Å². The Kier molecular flexibility index (Phi) is 4.29. The summed E-state index contributed by atoms with van der Waals surface area (Å²) in [6.07, 6.45) is 4.73. The third-order valence-corrected chi connectivity index (χ3v) is 4.58. The Morgan fingerprint density at radius 2 is 2.32 bits per heavy atom. The zero-order chi connectivity index (χ0) is 13.1. The molecule has 2 nitrogen and oxygen atoms in total. The summed E-state index contributed by atoms with van der Waals surface area (Å²) in [6.45, 7) is 4.51. The Balaban J connectivity index is 1.50. The van der Waals surface area contributed by atoms with E-state index in [2.05, 4.69) is 23.1 Å². The molecule has 1 aromatic rings. The highest BCUT2D eigenvalue weighted by Crippen LogP contribution is 2.26. The van der Waals surface area contributed by atoms with Gasteiger partial charge in [0.05, 0.1) is 6.61 Å². The minimum Gasteiger partial charge on any atom is -0.493 e. The van der Waals surface area contributed by atoms with Crippen molar-refractivity contribution in [2.45, 2.75) is 25.7 Å². The molecule has 3 heteroatoms. The molecule has 19 heavy (non-hydrogen) atoms. The lowest BCUT2D eigenvalue weighted by molar-refractivity contribution is 0.327. The SMILES string of the molecule is ClCCC1CCN(CCc2ccc3c(c2)CCO3)C1. The summed E-state index contributed by atoms with van der Waals surface area (Å²) < 4.78 is 5.55. The van der Waals surface area contributed by atoms with Crippen LogP contribution in [0, 0.1) is 5.92 Å². The van der Waals surface area contributed by atoms with E-state index in [-0.39, 0.29) is 0 Å². The molecule has 0 aromatic heterocycles. The fourth-order valence-electron chi connectivity index (χ4n) is 3.19. The van der Waals surface area contributed by atoms with E-state index < -0.39 is 0 Å². The van der Waals surface area contributed by atoms with Crippen LogP contribution in [0.3, 0.4) is 0 Å². The average Bonchev–Trinajstić information content (AvgIpc) is 3.04. The van der Waals surface area contributed by atoms with Crippen molar-refractivity contribution in [3.05, 3.63) is 29.3 Å². The number of alkyl halides is 1. The Bertz CT molecular complexity index is 435. The fourth-order valence-corrected chi connectivity index (χ4v) is 3.50. The second-order valence-corrected chi connectivity index (χ2v) is 6.10. The quantitative estimate of drug-likeness (QED) is 0.768. The fraction of sp³-hybridized carbons (Fsp3) is 0.625. The maximum absolute atomic E-state index is 5.83. The van der Waals surface area contributed by atoms with Gasteiger partial charge in [-0.25, -0.2) is 0 Å². The van der Waals surface area contributed by atoms with Gasteiger partial charge in [0, 0.05) is 25.4 Å². The van der Waals surface area contributed by atoms with Gasteiger partial charge in [-0.2, -0.15) is 0 Å². The number of fused-ring (bicyclic) bond motifs is 1. The first-order valence-corrected chi connectivity index (χ1v) is 7.91. The van der Waals surface area contributed by atoms with Crippen LogP contribution in [0.25, 0.3) is 0 Å². The van der Waals surface area contributed by atoms with Crippen molar-refractivity contribution in [3.8, 4) is 5.75 Å². The number of likely N-dealkylation sites (tertiary alicyclic amines) is 1. The van der Waals surface area contributed by atoms with E-state index in [1.54, 1.807) is 0 Å². The van der Waals surface area contributed by atoms with Crippen LogP contribution in [0.2, 0.25) is 0 Å². The van der Waals surface area contributed by atoms with E-state index in [0.717, 1.165) is 37.0 Å². The van der Waals surface area contributed by atoms with Gasteiger partial charge in [0.2, 0.25) is 0 Å². The second kappa shape index (κ2) is 6.15. The maximum atomic E-state index is 5.83. The number of halogens is 1. The van der Waals surface area contributed by atoms with Crippen molar-refractivity contribution in [3.63, 3.8) is 0 Å². The molecule has 2 aliphatic rings. The van der Waals surface area contributed by atoms with Crippen LogP contribution >= 0.6 is 11.6 Å². The first-order chi connectivity index (χ1) is 9.35. The van der Waals surface area contributed by atoms with Crippen molar-refractivity contribution in [1.82, 2.24) is 4.90 Å². The lowest BCUT2D eigenvalue weighted by atomic mass is 10.1. The number of rotatable bonds is 5. The first kappa shape index (κ1) is 13.3. The normalized spacial score (nSPS) is 22.5. The largest absolute Gasteiger partial charge is 0.493 e. The van der Waals surface area contributed by atoms with Gasteiger partial charge in [0.25, 0.3) is 0 Å². The first-order valence-electron chi connectivity index (χ1n) is 7.38. The molecule has 2 heterocycles. The minimum atomic E-state index is 0.809. The summed E-state index contributed by atoms with van der Waals surface area (Å²) in [5.74, 6) is 2.72. The van der Waals surface area contributed by atoms with Crippen LogP contribution in [0.15, 0.2) is 18.2 Å². The van der Waals surface area contributed by atoms with Crippen LogP contribution in [-0.2, 0) is 12.8 Å². The lowest BCUT2D eigenvalue weighted by Crippen LogP contribution is -2.23. The van der Waals surface area contributed by atoms with Crippen LogP contribution < -0.4 is 4.74 Å². The van der Waals surface area contributed by atoms with E-state index in [0.29, 0.717) is 0 Å². The monoisotopic (exact) mass is 279 g/mol. The van der Waals surface area contributed by atoms with E-state index >= 15 is 0 Å². The third-order valence-electron chi connectivity index (χ3n) is 4.36. The van der Waals surface area contributed by atoms with Gasteiger partial charge in [-0.15, -0.1) is 11.6 Å². The highest BCUT2D eigenvalue weighted by atomic mass is 35.5. The zero-order valence-corrected chi connectivity index (χ0v) is 12.2. The average molecular weight is 280 g/mol. The van der Waals surface area contributed by atoms with E-state index in [9.17, 15) is 0 Å². The lowest BCUT2D eigenvalue weighted by Gasteiger charge is -2.16. The number of ether oxygens (including phenoxy) is 1. The molecule has 0 aliphatic carbocycles. The number of hydrogen-bond donors (Lipinski definition) is 0. The molecule has 0 N–H and O–H groups in total. The predicted octanol–water partition coefficient (Wildman–Crippen LogP) is 3.11. The second-order valence-electron chi connectivity index (χ2n) is 5.72. The van der Waals surface area contributed by atoms with Gasteiger partial charge in [-0.05, 0) is 48.9 Å². The zero-order valence-electron chi connectivity index (χ0n) is 11.4. The Morgan fingerprint density at radius 3 is 3.21 bits per heavy atom. The van der Waals surface area contributed by atoms with Gasteiger partial charge in [0.15, 0.2) is 0 Å². The summed E-state index contributed by atoms with van der Waals surface area (Å²) in [7, 11) is 0. The van der Waals surface area contributed by atoms with Crippen molar-refractivity contribution < 1.29 is 4.74 Å². The van der Waals surface area contributed by atoms with Crippen molar-refractivity contribution in [1.29, 1.82) is 0 Å². The summed E-state index contributed by atoms with van der Waals surface area (Å²) in [5, 5.41) is 0. The summed E-state index contributed by atoms with van der Waals surface area (Å²) in [5.41, 5.74) is 2.84. The molecule has 1 fully saturated rings. The van der Waals surface area contributed by atoms with Crippen LogP contribution in [-0.4, -0.2) is 37.0 Å². The van der Waals surface area contributed by atoms with Gasteiger partial charge in [0.1, 0.15) is 5.75 Å². The molecule has 0 spiro atoms. The molecule has 0 saturated carbocycles. The maximum Gasteiger partial charge on any atom is 0.122 e. The number of benzene rings is 1. The number of hydrogen-bond acceptors (Lipinski definition) is 2. The summed E-state index contributed by atoms with van der Waals surface area (Å²) in [6, 6.07) is 6.68. The number of nitrogens with zero attached hydrogens (tertiary/aromatic N) is 1. The topological polar surface area (TPSA) is 12.5 Å². The Labute approximate surface area is 120 Å². The third kappa shape index (κ3) is 3.24. The standard InChI is InChI=1S/C16H22ClNO/c17-7-3-14-5-9-18(12-14)8-4-13-1-2-16-15(11-13)6-10-19-16/h1-2,11,14H,3-10,12H2. The molecule has 0 amide bonds. The smallest absolute Gasteiger partial charge is 0.122 e. The summed E-state index contributed by atoms with van der Waals surface area (Å²) >= 11 is 5.83. The molecule has 1 aromatic carbocycles. The molecular weight excluding hydrogens is 258 g/mol. The van der Waals surface area contributed by atoms with Crippen LogP contribution in [0.1, 0.15) is 24.0 Å². The Morgan fingerprint density at radius 1 is 1.37 bits per heavy atom. The molecule has 3 rings (SSSR count). The molecule has 1 unspecified atom stereocenters. The molecule has 1 atom stereocenters. The molecule has 104 valence electrons.